The number of carbonyl (C=O) groups excluding carboxylic acids is 1. The van der Waals surface area contributed by atoms with Crippen molar-refractivity contribution in [1.29, 1.82) is 0 Å². The molecule has 3 N–H and O–H groups in total. The number of fused-ring (bicyclic) bond motifs is 1. The molecule has 0 bridgehead atoms. The van der Waals surface area contributed by atoms with Crippen LogP contribution in [0.4, 0.5) is 11.4 Å². The molecule has 1 atom stereocenters. The van der Waals surface area contributed by atoms with Crippen LogP contribution < -0.4 is 10.6 Å². The highest BCUT2D eigenvalue weighted by Gasteiger charge is 2.48. The van der Waals surface area contributed by atoms with Crippen LogP contribution in [0.2, 0.25) is 0 Å². The molecule has 5 nitrogen and oxygen atoms in total. The van der Waals surface area contributed by atoms with Gasteiger partial charge in [-0.2, -0.15) is 0 Å². The van der Waals surface area contributed by atoms with Crippen LogP contribution in [-0.2, 0) is 15.1 Å². The van der Waals surface area contributed by atoms with E-state index in [1.54, 1.807) is 36.4 Å². The van der Waals surface area contributed by atoms with Crippen LogP contribution in [0.3, 0.4) is 0 Å². The minimum atomic E-state index is -1.29. The van der Waals surface area contributed by atoms with Crippen molar-refractivity contribution < 1.29 is 14.7 Å². The fourth-order valence-electron chi connectivity index (χ4n) is 2.65. The van der Waals surface area contributed by atoms with Gasteiger partial charge in [-0.25, -0.2) is 0 Å². The lowest BCUT2D eigenvalue weighted by Crippen LogP contribution is -2.44. The summed E-state index contributed by atoms with van der Waals surface area (Å²) in [6, 6.07) is 16.3. The molecular weight excluding hydrogens is 268 g/mol. The molecule has 21 heavy (non-hydrogen) atoms. The topological polar surface area (TPSA) is 78.4 Å². The number of amides is 1. The second kappa shape index (κ2) is 4.94. The molecule has 0 saturated carbocycles. The number of para-hydroxylation sites is 2. The quantitative estimate of drug-likeness (QED) is 0.804. The van der Waals surface area contributed by atoms with Gasteiger partial charge >= 0.3 is 5.97 Å². The molecule has 106 valence electrons. The lowest BCUT2D eigenvalue weighted by molar-refractivity contribution is -0.140. The highest BCUT2D eigenvalue weighted by Crippen LogP contribution is 2.40. The van der Waals surface area contributed by atoms with Gasteiger partial charge in [-0.05, 0) is 18.2 Å². The molecule has 0 saturated heterocycles. The molecule has 0 aliphatic carbocycles. The van der Waals surface area contributed by atoms with E-state index in [0.717, 1.165) is 0 Å². The number of rotatable bonds is 4. The van der Waals surface area contributed by atoms with Crippen LogP contribution in [-0.4, -0.2) is 17.0 Å². The monoisotopic (exact) mass is 282 g/mol. The number of carbonyl (C=O) groups is 2. The number of hydrogen-bond acceptors (Lipinski definition) is 3. The van der Waals surface area contributed by atoms with Crippen molar-refractivity contribution in [2.75, 3.05) is 10.6 Å². The minimum absolute atomic E-state index is 0.329. The Hall–Kier alpha value is -2.82. The van der Waals surface area contributed by atoms with Gasteiger partial charge in [0.15, 0.2) is 5.54 Å². The molecule has 2 aromatic carbocycles. The summed E-state index contributed by atoms with van der Waals surface area (Å²) in [5.74, 6) is -1.39. The first kappa shape index (κ1) is 13.2. The van der Waals surface area contributed by atoms with E-state index in [0.29, 0.717) is 16.9 Å². The number of hydrogen-bond donors (Lipinski definition) is 3. The Kier molecular flexibility index (Phi) is 3.10. The number of carboxylic acid groups (broad SMARTS) is 1. The first-order valence-corrected chi connectivity index (χ1v) is 6.58. The van der Waals surface area contributed by atoms with E-state index in [1.807, 2.05) is 18.2 Å². The highest BCUT2D eigenvalue weighted by atomic mass is 16.4. The number of nitrogens with one attached hydrogen (secondary N) is 2. The van der Waals surface area contributed by atoms with Gasteiger partial charge in [0.25, 0.3) is 5.91 Å². The molecule has 0 fully saturated rings. The molecule has 0 aromatic heterocycles. The Bertz CT molecular complexity index is 700. The van der Waals surface area contributed by atoms with Gasteiger partial charge in [0.05, 0.1) is 6.42 Å². The predicted molar refractivity (Wildman–Crippen MR) is 79.1 cm³/mol. The maximum Gasteiger partial charge on any atom is 0.306 e. The summed E-state index contributed by atoms with van der Waals surface area (Å²) >= 11 is 0. The van der Waals surface area contributed by atoms with Crippen LogP contribution in [0.25, 0.3) is 0 Å². The van der Waals surface area contributed by atoms with E-state index < -0.39 is 11.5 Å². The third kappa shape index (κ3) is 2.23. The minimum Gasteiger partial charge on any atom is -0.481 e. The van der Waals surface area contributed by atoms with Crippen molar-refractivity contribution >= 4 is 23.3 Å². The molecule has 1 heterocycles. The lowest BCUT2D eigenvalue weighted by atomic mass is 9.87. The highest BCUT2D eigenvalue weighted by molar-refractivity contribution is 6.09. The zero-order valence-corrected chi connectivity index (χ0v) is 11.2. The summed E-state index contributed by atoms with van der Waals surface area (Å²) < 4.78 is 0. The summed E-state index contributed by atoms with van der Waals surface area (Å²) in [5, 5.41) is 15.1. The van der Waals surface area contributed by atoms with E-state index >= 15 is 0 Å². The third-order valence-corrected chi connectivity index (χ3v) is 3.57. The second-order valence-electron chi connectivity index (χ2n) is 4.97. The molecule has 5 heteroatoms. The van der Waals surface area contributed by atoms with Crippen molar-refractivity contribution in [3.8, 4) is 0 Å². The maximum absolute atomic E-state index is 12.5. The third-order valence-electron chi connectivity index (χ3n) is 3.57. The van der Waals surface area contributed by atoms with Gasteiger partial charge in [0.1, 0.15) is 0 Å². The Morgan fingerprint density at radius 3 is 2.48 bits per heavy atom. The Balaban J connectivity index is 2.09. The van der Waals surface area contributed by atoms with E-state index in [9.17, 15) is 14.7 Å². The predicted octanol–water partition coefficient (Wildman–Crippen LogP) is 2.42. The van der Waals surface area contributed by atoms with Gasteiger partial charge in [0.2, 0.25) is 0 Å². The van der Waals surface area contributed by atoms with E-state index in [2.05, 4.69) is 10.6 Å². The second-order valence-corrected chi connectivity index (χ2v) is 4.97. The first-order valence-electron chi connectivity index (χ1n) is 6.58. The lowest BCUT2D eigenvalue weighted by Gasteiger charge is -2.28. The number of aliphatic carboxylic acids is 1. The van der Waals surface area contributed by atoms with E-state index in [4.69, 9.17) is 0 Å². The SMILES string of the molecule is O=C(O)CC1(Nc2ccccc2)C(=O)Nc2ccccc21. The molecule has 3 rings (SSSR count). The van der Waals surface area contributed by atoms with Gasteiger partial charge in [-0.3, -0.25) is 9.59 Å². The van der Waals surface area contributed by atoms with Crippen molar-refractivity contribution in [2.24, 2.45) is 0 Å². The van der Waals surface area contributed by atoms with Gasteiger partial charge in [-0.15, -0.1) is 0 Å². The van der Waals surface area contributed by atoms with Gasteiger partial charge in [-0.1, -0.05) is 36.4 Å². The molecule has 1 aliphatic heterocycles. The van der Waals surface area contributed by atoms with Crippen molar-refractivity contribution in [1.82, 2.24) is 0 Å². The van der Waals surface area contributed by atoms with Crippen LogP contribution in [0, 0.1) is 0 Å². The molecular formula is C16H14N2O3. The van der Waals surface area contributed by atoms with E-state index in [-0.39, 0.29) is 12.3 Å². The zero-order valence-electron chi connectivity index (χ0n) is 11.2. The number of benzene rings is 2. The molecule has 1 amide bonds. The Morgan fingerprint density at radius 1 is 1.10 bits per heavy atom. The smallest absolute Gasteiger partial charge is 0.306 e. The maximum atomic E-state index is 12.5. The number of carboxylic acids is 1. The van der Waals surface area contributed by atoms with E-state index in [1.165, 1.54) is 0 Å². The summed E-state index contributed by atoms with van der Waals surface area (Å²) in [6.45, 7) is 0. The normalized spacial score (nSPS) is 19.7. The van der Waals surface area contributed by atoms with Crippen molar-refractivity contribution in [2.45, 2.75) is 12.0 Å². The summed E-state index contributed by atoms with van der Waals surface area (Å²) in [7, 11) is 0. The Labute approximate surface area is 121 Å². The van der Waals surface area contributed by atoms with Crippen LogP contribution in [0.5, 0.6) is 0 Å². The van der Waals surface area contributed by atoms with Crippen molar-refractivity contribution in [3.63, 3.8) is 0 Å². The van der Waals surface area contributed by atoms with Gasteiger partial charge in [0, 0.05) is 16.9 Å². The standard InChI is InChI=1S/C16H14N2O3/c19-14(20)10-16(18-11-6-2-1-3-7-11)12-8-4-5-9-13(12)17-15(16)21/h1-9,18H,10H2,(H,17,21)(H,19,20). The van der Waals surface area contributed by atoms with Gasteiger partial charge < -0.3 is 15.7 Å². The summed E-state index contributed by atoms with van der Waals surface area (Å²) in [6.07, 6.45) is -0.329. The average molecular weight is 282 g/mol. The molecule has 0 spiro atoms. The molecule has 0 radical (unpaired) electrons. The number of anilines is 2. The van der Waals surface area contributed by atoms with Crippen molar-refractivity contribution in [3.05, 3.63) is 60.2 Å². The first-order chi connectivity index (χ1) is 10.1. The summed E-state index contributed by atoms with van der Waals surface area (Å²) in [5.41, 5.74) is 0.711. The Morgan fingerprint density at radius 2 is 1.76 bits per heavy atom. The fourth-order valence-corrected chi connectivity index (χ4v) is 2.65. The molecule has 1 unspecified atom stereocenters. The zero-order chi connectivity index (χ0) is 14.9. The molecule has 2 aromatic rings. The van der Waals surface area contributed by atoms with Crippen LogP contribution in [0.1, 0.15) is 12.0 Å². The largest absolute Gasteiger partial charge is 0.481 e. The fraction of sp³-hybridized carbons (Fsp3) is 0.125. The average Bonchev–Trinajstić information content (AvgIpc) is 2.72. The van der Waals surface area contributed by atoms with Crippen LogP contribution in [0.15, 0.2) is 54.6 Å². The van der Waals surface area contributed by atoms with Crippen LogP contribution >= 0.6 is 0 Å². The molecule has 1 aliphatic rings. The summed E-state index contributed by atoms with van der Waals surface area (Å²) in [4.78, 5) is 23.7.